The van der Waals surface area contributed by atoms with Crippen LogP contribution in [0.25, 0.3) is 33.5 Å². The molecule has 12 nitrogen and oxygen atoms in total. The number of nitrogens with two attached hydrogens (primary N) is 1. The van der Waals surface area contributed by atoms with Crippen LogP contribution in [-0.2, 0) is 16.6 Å². The standard InChI is InChI=1S/C27H32N8O4/c1-27(2,3)38-26(37)39-35-9-7-19(8-10-35)31-25(36)16-5-6-21-22(12-16)33-24(32-21)20-11-17(13-29-23(20)28)18-14-30-34(4)15-18/h5-6,11-15,19H,7-10H2,1-4H3,(H2,28,29)(H,31,36)(H,32,33). The Hall–Kier alpha value is -4.45. The molecular formula is C27H32N8O4. The number of carbonyl (C=O) groups excluding carboxylic acids is 2. The zero-order valence-electron chi connectivity index (χ0n) is 22.4. The number of benzene rings is 1. The number of imidazole rings is 1. The molecule has 1 aliphatic rings. The first-order valence-corrected chi connectivity index (χ1v) is 12.8. The number of aromatic nitrogens is 5. The molecule has 3 aromatic heterocycles. The van der Waals surface area contributed by atoms with E-state index < -0.39 is 11.8 Å². The summed E-state index contributed by atoms with van der Waals surface area (Å²) in [5.41, 5.74) is 9.95. The number of hydroxylamine groups is 2. The molecule has 1 aliphatic heterocycles. The molecule has 0 unspecified atom stereocenters. The van der Waals surface area contributed by atoms with Crippen LogP contribution in [0.4, 0.5) is 10.6 Å². The maximum absolute atomic E-state index is 13.0. The second-order valence-electron chi connectivity index (χ2n) is 10.6. The molecule has 4 aromatic rings. The van der Waals surface area contributed by atoms with Crippen LogP contribution in [-0.4, -0.2) is 66.6 Å². The van der Waals surface area contributed by atoms with Gasteiger partial charge in [-0.15, -0.1) is 5.06 Å². The molecule has 4 heterocycles. The van der Waals surface area contributed by atoms with Crippen LogP contribution < -0.4 is 11.1 Å². The molecule has 5 rings (SSSR count). The van der Waals surface area contributed by atoms with Gasteiger partial charge in [0.15, 0.2) is 0 Å². The SMILES string of the molecule is Cn1cc(-c2cnc(N)c(-c3nc4ccc(C(=O)NC5CCN(OC(=O)OC(C)(C)C)CC5)cc4[nH]3)c2)cn1. The van der Waals surface area contributed by atoms with Crippen molar-refractivity contribution in [2.75, 3.05) is 18.8 Å². The number of amides is 1. The molecule has 0 spiro atoms. The molecule has 0 saturated carbocycles. The van der Waals surface area contributed by atoms with Crippen molar-refractivity contribution < 1.29 is 19.2 Å². The Kier molecular flexibility index (Phi) is 6.96. The lowest BCUT2D eigenvalue weighted by molar-refractivity contribution is -0.152. The molecule has 0 aliphatic carbocycles. The summed E-state index contributed by atoms with van der Waals surface area (Å²) < 4.78 is 6.92. The summed E-state index contributed by atoms with van der Waals surface area (Å²) in [6.07, 6.45) is 5.93. The van der Waals surface area contributed by atoms with Gasteiger partial charge in [0.1, 0.15) is 17.2 Å². The molecule has 1 fully saturated rings. The first kappa shape index (κ1) is 26.2. The predicted molar refractivity (Wildman–Crippen MR) is 145 cm³/mol. The second-order valence-corrected chi connectivity index (χ2v) is 10.6. The Morgan fingerprint density at radius 1 is 1.13 bits per heavy atom. The van der Waals surface area contributed by atoms with Crippen molar-refractivity contribution >= 4 is 28.9 Å². The van der Waals surface area contributed by atoms with E-state index in [-0.39, 0.29) is 11.9 Å². The van der Waals surface area contributed by atoms with Crippen LogP contribution in [0.2, 0.25) is 0 Å². The third kappa shape index (κ3) is 6.17. The average Bonchev–Trinajstić information content (AvgIpc) is 3.50. The number of aryl methyl sites for hydroxylation is 1. The van der Waals surface area contributed by atoms with Gasteiger partial charge in [-0.25, -0.2) is 14.8 Å². The van der Waals surface area contributed by atoms with E-state index in [9.17, 15) is 9.59 Å². The van der Waals surface area contributed by atoms with Gasteiger partial charge in [0.25, 0.3) is 5.91 Å². The molecule has 204 valence electrons. The summed E-state index contributed by atoms with van der Waals surface area (Å²) in [5.74, 6) is 0.733. The molecule has 1 amide bonds. The number of hydrogen-bond donors (Lipinski definition) is 3. The summed E-state index contributed by atoms with van der Waals surface area (Å²) in [6.45, 7) is 6.35. The first-order valence-electron chi connectivity index (χ1n) is 12.8. The van der Waals surface area contributed by atoms with Crippen molar-refractivity contribution in [1.29, 1.82) is 0 Å². The second kappa shape index (κ2) is 10.4. The smallest absolute Gasteiger partial charge is 0.427 e. The molecule has 0 bridgehead atoms. The maximum Gasteiger partial charge on any atom is 0.528 e. The van der Waals surface area contributed by atoms with Crippen LogP contribution in [0.15, 0.2) is 42.9 Å². The van der Waals surface area contributed by atoms with Gasteiger partial charge in [-0.2, -0.15) is 5.10 Å². The van der Waals surface area contributed by atoms with Gasteiger partial charge in [-0.05, 0) is 57.9 Å². The molecule has 1 aromatic carbocycles. The highest BCUT2D eigenvalue weighted by molar-refractivity contribution is 5.98. The first-order chi connectivity index (χ1) is 18.5. The lowest BCUT2D eigenvalue weighted by Crippen LogP contribution is -2.45. The summed E-state index contributed by atoms with van der Waals surface area (Å²) in [7, 11) is 1.85. The molecule has 0 atom stereocenters. The minimum absolute atomic E-state index is 0.0369. The third-order valence-electron chi connectivity index (χ3n) is 6.34. The van der Waals surface area contributed by atoms with Crippen molar-refractivity contribution in [2.45, 2.75) is 45.3 Å². The van der Waals surface area contributed by atoms with Crippen LogP contribution in [0.3, 0.4) is 0 Å². The molecular weight excluding hydrogens is 500 g/mol. The largest absolute Gasteiger partial charge is 0.528 e. The molecule has 1 saturated heterocycles. The number of aromatic amines is 1. The van der Waals surface area contributed by atoms with E-state index in [0.717, 1.165) is 11.1 Å². The van der Waals surface area contributed by atoms with Crippen molar-refractivity contribution in [3.63, 3.8) is 0 Å². The van der Waals surface area contributed by atoms with Gasteiger partial charge in [-0.1, -0.05) is 0 Å². The highest BCUT2D eigenvalue weighted by Gasteiger charge is 2.26. The van der Waals surface area contributed by atoms with Gasteiger partial charge in [0, 0.05) is 55.3 Å². The Bertz CT molecular complexity index is 1510. The average molecular weight is 533 g/mol. The minimum Gasteiger partial charge on any atom is -0.427 e. The topological polar surface area (TPSA) is 153 Å². The number of hydrogen-bond acceptors (Lipinski definition) is 9. The number of anilines is 1. The fourth-order valence-electron chi connectivity index (χ4n) is 4.41. The van der Waals surface area contributed by atoms with Crippen LogP contribution >= 0.6 is 0 Å². The molecule has 0 radical (unpaired) electrons. The monoisotopic (exact) mass is 532 g/mol. The highest BCUT2D eigenvalue weighted by Crippen LogP contribution is 2.29. The van der Waals surface area contributed by atoms with Gasteiger partial charge in [0.05, 0.1) is 22.8 Å². The van der Waals surface area contributed by atoms with Gasteiger partial charge >= 0.3 is 6.16 Å². The maximum atomic E-state index is 13.0. The number of fused-ring (bicyclic) bond motifs is 1. The zero-order valence-corrected chi connectivity index (χ0v) is 22.4. The lowest BCUT2D eigenvalue weighted by atomic mass is 10.1. The molecule has 39 heavy (non-hydrogen) atoms. The van der Waals surface area contributed by atoms with E-state index in [2.05, 4.69) is 25.4 Å². The number of nitrogens with one attached hydrogen (secondary N) is 2. The normalized spacial score (nSPS) is 14.9. The van der Waals surface area contributed by atoms with Crippen molar-refractivity contribution in [2.24, 2.45) is 7.05 Å². The van der Waals surface area contributed by atoms with E-state index in [1.807, 2.05) is 19.3 Å². The van der Waals surface area contributed by atoms with Crippen LogP contribution in [0.1, 0.15) is 44.0 Å². The molecule has 4 N–H and O–H groups in total. The number of nitrogens with zero attached hydrogens (tertiary/aromatic N) is 5. The zero-order chi connectivity index (χ0) is 27.7. The van der Waals surface area contributed by atoms with E-state index in [0.29, 0.717) is 59.7 Å². The summed E-state index contributed by atoms with van der Waals surface area (Å²) in [6, 6.07) is 7.21. The van der Waals surface area contributed by atoms with Crippen LogP contribution in [0, 0.1) is 0 Å². The Morgan fingerprint density at radius 2 is 1.90 bits per heavy atom. The van der Waals surface area contributed by atoms with Crippen molar-refractivity contribution in [1.82, 2.24) is 35.1 Å². The van der Waals surface area contributed by atoms with E-state index in [4.69, 9.17) is 15.3 Å². The minimum atomic E-state index is -0.724. The Morgan fingerprint density at radius 3 is 2.59 bits per heavy atom. The number of H-pyrrole nitrogens is 1. The predicted octanol–water partition coefficient (Wildman–Crippen LogP) is 3.67. The fourth-order valence-corrected chi connectivity index (χ4v) is 4.41. The van der Waals surface area contributed by atoms with E-state index in [1.165, 1.54) is 0 Å². The highest BCUT2D eigenvalue weighted by atomic mass is 16.8. The number of carbonyl (C=O) groups is 2. The quantitative estimate of drug-likeness (QED) is 0.327. The Balaban J connectivity index is 1.24. The summed E-state index contributed by atoms with van der Waals surface area (Å²) in [4.78, 5) is 42.4. The summed E-state index contributed by atoms with van der Waals surface area (Å²) in [5, 5.41) is 8.86. The number of rotatable bonds is 5. The van der Waals surface area contributed by atoms with Crippen LogP contribution in [0.5, 0.6) is 0 Å². The number of pyridine rings is 1. The Labute approximate surface area is 225 Å². The number of nitrogen functional groups attached to an aromatic ring is 1. The number of piperidine rings is 1. The van der Waals surface area contributed by atoms with E-state index >= 15 is 0 Å². The van der Waals surface area contributed by atoms with Gasteiger partial charge in [-0.3, -0.25) is 9.48 Å². The summed E-state index contributed by atoms with van der Waals surface area (Å²) >= 11 is 0. The number of ether oxygens (including phenoxy) is 1. The van der Waals surface area contributed by atoms with Gasteiger partial charge in [0.2, 0.25) is 0 Å². The van der Waals surface area contributed by atoms with Crippen molar-refractivity contribution in [3.8, 4) is 22.5 Å². The third-order valence-corrected chi connectivity index (χ3v) is 6.34. The fraction of sp³-hybridized carbons (Fsp3) is 0.370. The lowest BCUT2D eigenvalue weighted by Gasteiger charge is -2.31. The van der Waals surface area contributed by atoms with Crippen molar-refractivity contribution in [3.05, 3.63) is 48.4 Å². The van der Waals surface area contributed by atoms with E-state index in [1.54, 1.807) is 61.1 Å². The van der Waals surface area contributed by atoms with Gasteiger partial charge < -0.3 is 25.6 Å². The molecule has 12 heteroatoms.